The molecular weight excluding hydrogens is 274 g/mol. The third kappa shape index (κ3) is 3.58. The van der Waals surface area contributed by atoms with Crippen LogP contribution >= 0.6 is 11.6 Å². The van der Waals surface area contributed by atoms with Gasteiger partial charge in [-0.3, -0.25) is 0 Å². The van der Waals surface area contributed by atoms with Gasteiger partial charge in [-0.1, -0.05) is 42.7 Å². The molecule has 0 saturated heterocycles. The molecule has 2 atom stereocenters. The average Bonchev–Trinajstić information content (AvgIpc) is 2.79. The van der Waals surface area contributed by atoms with Crippen molar-refractivity contribution in [2.45, 2.75) is 39.2 Å². The zero-order valence-corrected chi connectivity index (χ0v) is 12.8. The highest BCUT2D eigenvalue weighted by molar-refractivity contribution is 6.30. The first kappa shape index (κ1) is 15.0. The molecule has 0 aliphatic carbocycles. The molecule has 5 heteroatoms. The Bertz CT molecular complexity index is 541. The minimum absolute atomic E-state index is 0.0150. The molecule has 2 aromatic rings. The number of nitrogens with two attached hydrogens (primary N) is 1. The Labute approximate surface area is 124 Å². The van der Waals surface area contributed by atoms with Gasteiger partial charge in [0.05, 0.1) is 5.92 Å². The second kappa shape index (κ2) is 6.37. The summed E-state index contributed by atoms with van der Waals surface area (Å²) in [5.41, 5.74) is 7.11. The Kier molecular flexibility index (Phi) is 4.78. The van der Waals surface area contributed by atoms with Gasteiger partial charge < -0.3 is 10.3 Å². The van der Waals surface area contributed by atoms with Crippen LogP contribution in [0.3, 0.4) is 0 Å². The monoisotopic (exact) mass is 293 g/mol. The summed E-state index contributed by atoms with van der Waals surface area (Å²) in [5, 5.41) is 4.77. The molecule has 2 rings (SSSR count). The zero-order chi connectivity index (χ0) is 14.7. The quantitative estimate of drug-likeness (QED) is 0.917. The standard InChI is InChI=1S/C15H20ClN3O/c1-9(2)14(10(3)17)15-18-13(19-20-15)8-11-4-6-12(16)7-5-11/h4-7,9-10,14H,8,17H2,1-3H3. The first-order chi connectivity index (χ1) is 9.47. The van der Waals surface area contributed by atoms with E-state index in [4.69, 9.17) is 21.9 Å². The number of rotatable bonds is 5. The van der Waals surface area contributed by atoms with Crippen molar-refractivity contribution < 1.29 is 4.52 Å². The maximum Gasteiger partial charge on any atom is 0.231 e. The van der Waals surface area contributed by atoms with Crippen LogP contribution in [0.5, 0.6) is 0 Å². The Morgan fingerprint density at radius 1 is 1.20 bits per heavy atom. The fourth-order valence-corrected chi connectivity index (χ4v) is 2.50. The highest BCUT2D eigenvalue weighted by Crippen LogP contribution is 2.26. The van der Waals surface area contributed by atoms with Crippen LogP contribution in [0.2, 0.25) is 5.02 Å². The number of aromatic nitrogens is 2. The van der Waals surface area contributed by atoms with Gasteiger partial charge in [0.1, 0.15) is 0 Å². The first-order valence-electron chi connectivity index (χ1n) is 6.80. The molecule has 0 fully saturated rings. The maximum atomic E-state index is 6.01. The van der Waals surface area contributed by atoms with Crippen molar-refractivity contribution in [1.29, 1.82) is 0 Å². The number of hydrogen-bond acceptors (Lipinski definition) is 4. The minimum Gasteiger partial charge on any atom is -0.339 e. The van der Waals surface area contributed by atoms with E-state index in [-0.39, 0.29) is 12.0 Å². The fourth-order valence-electron chi connectivity index (χ4n) is 2.38. The van der Waals surface area contributed by atoms with Crippen LogP contribution in [0.15, 0.2) is 28.8 Å². The van der Waals surface area contributed by atoms with E-state index in [1.807, 2.05) is 31.2 Å². The van der Waals surface area contributed by atoms with Crippen molar-refractivity contribution in [2.75, 3.05) is 0 Å². The molecule has 0 bridgehead atoms. The fraction of sp³-hybridized carbons (Fsp3) is 0.467. The van der Waals surface area contributed by atoms with E-state index in [1.54, 1.807) is 0 Å². The van der Waals surface area contributed by atoms with E-state index in [0.29, 0.717) is 24.1 Å². The highest BCUT2D eigenvalue weighted by Gasteiger charge is 2.26. The summed E-state index contributed by atoms with van der Waals surface area (Å²) in [5.74, 6) is 1.74. The Morgan fingerprint density at radius 2 is 1.85 bits per heavy atom. The Balaban J connectivity index is 2.14. The Morgan fingerprint density at radius 3 is 2.40 bits per heavy atom. The van der Waals surface area contributed by atoms with Crippen LogP contribution in [0, 0.1) is 5.92 Å². The molecule has 108 valence electrons. The molecule has 20 heavy (non-hydrogen) atoms. The molecule has 4 nitrogen and oxygen atoms in total. The second-order valence-corrected chi connectivity index (χ2v) is 5.92. The van der Waals surface area contributed by atoms with Crippen molar-refractivity contribution in [3.63, 3.8) is 0 Å². The maximum absolute atomic E-state index is 6.01. The van der Waals surface area contributed by atoms with Gasteiger partial charge in [-0.15, -0.1) is 0 Å². The molecule has 0 spiro atoms. The topological polar surface area (TPSA) is 64.9 Å². The van der Waals surface area contributed by atoms with Crippen LogP contribution in [0.1, 0.15) is 44.0 Å². The molecule has 2 N–H and O–H groups in total. The van der Waals surface area contributed by atoms with Gasteiger partial charge in [0.15, 0.2) is 5.82 Å². The molecular formula is C15H20ClN3O. The van der Waals surface area contributed by atoms with E-state index >= 15 is 0 Å². The van der Waals surface area contributed by atoms with Gasteiger partial charge in [0.2, 0.25) is 5.89 Å². The second-order valence-electron chi connectivity index (χ2n) is 5.48. The molecule has 0 aliphatic heterocycles. The lowest BCUT2D eigenvalue weighted by Gasteiger charge is -2.20. The minimum atomic E-state index is -0.0150. The van der Waals surface area contributed by atoms with Gasteiger partial charge in [0, 0.05) is 17.5 Å². The number of halogens is 1. The zero-order valence-electron chi connectivity index (χ0n) is 12.0. The van der Waals surface area contributed by atoms with Gasteiger partial charge in [-0.25, -0.2) is 0 Å². The first-order valence-corrected chi connectivity index (χ1v) is 7.17. The molecule has 1 aromatic heterocycles. The van der Waals surface area contributed by atoms with Crippen LogP contribution < -0.4 is 5.73 Å². The van der Waals surface area contributed by atoms with E-state index in [2.05, 4.69) is 24.0 Å². The lowest BCUT2D eigenvalue weighted by Crippen LogP contribution is -2.28. The normalized spacial score (nSPS) is 14.5. The van der Waals surface area contributed by atoms with Gasteiger partial charge in [-0.2, -0.15) is 4.98 Å². The third-order valence-corrected chi connectivity index (χ3v) is 3.58. The highest BCUT2D eigenvalue weighted by atomic mass is 35.5. The molecule has 0 saturated carbocycles. The van der Waals surface area contributed by atoms with Crippen molar-refractivity contribution in [3.8, 4) is 0 Å². The van der Waals surface area contributed by atoms with Crippen LogP contribution in [-0.4, -0.2) is 16.2 Å². The molecule has 1 aromatic carbocycles. The van der Waals surface area contributed by atoms with Gasteiger partial charge >= 0.3 is 0 Å². The molecule has 0 amide bonds. The molecule has 0 radical (unpaired) electrons. The lowest BCUT2D eigenvalue weighted by molar-refractivity contribution is 0.298. The Hall–Kier alpha value is -1.39. The van der Waals surface area contributed by atoms with Gasteiger partial charge in [0.25, 0.3) is 0 Å². The van der Waals surface area contributed by atoms with E-state index in [9.17, 15) is 0 Å². The summed E-state index contributed by atoms with van der Waals surface area (Å²) in [6, 6.07) is 7.63. The van der Waals surface area contributed by atoms with Crippen molar-refractivity contribution in [1.82, 2.24) is 10.1 Å². The van der Waals surface area contributed by atoms with Crippen molar-refractivity contribution >= 4 is 11.6 Å². The number of nitrogens with zero attached hydrogens (tertiary/aromatic N) is 2. The summed E-state index contributed by atoms with van der Waals surface area (Å²) < 4.78 is 5.38. The van der Waals surface area contributed by atoms with Crippen molar-refractivity contribution in [3.05, 3.63) is 46.6 Å². The molecule has 0 aliphatic rings. The largest absolute Gasteiger partial charge is 0.339 e. The van der Waals surface area contributed by atoms with Crippen LogP contribution in [0.25, 0.3) is 0 Å². The summed E-state index contributed by atoms with van der Waals surface area (Å²) in [7, 11) is 0. The van der Waals surface area contributed by atoms with Crippen LogP contribution in [-0.2, 0) is 6.42 Å². The number of hydrogen-bond donors (Lipinski definition) is 1. The summed E-state index contributed by atoms with van der Waals surface area (Å²) >= 11 is 5.87. The predicted molar refractivity (Wildman–Crippen MR) is 79.8 cm³/mol. The molecule has 1 heterocycles. The number of benzene rings is 1. The van der Waals surface area contributed by atoms with Crippen LogP contribution in [0.4, 0.5) is 0 Å². The summed E-state index contributed by atoms with van der Waals surface area (Å²) in [4.78, 5) is 4.48. The summed E-state index contributed by atoms with van der Waals surface area (Å²) in [6.45, 7) is 6.18. The SMILES string of the molecule is CC(C)C(c1nc(Cc2ccc(Cl)cc2)no1)C(C)N. The van der Waals surface area contributed by atoms with E-state index in [0.717, 1.165) is 10.6 Å². The summed E-state index contributed by atoms with van der Waals surface area (Å²) in [6.07, 6.45) is 0.629. The lowest BCUT2D eigenvalue weighted by atomic mass is 9.90. The van der Waals surface area contributed by atoms with Gasteiger partial charge in [-0.05, 0) is 30.5 Å². The molecule has 2 unspecified atom stereocenters. The average molecular weight is 294 g/mol. The smallest absolute Gasteiger partial charge is 0.231 e. The predicted octanol–water partition coefficient (Wildman–Crippen LogP) is 3.40. The third-order valence-electron chi connectivity index (χ3n) is 3.33. The van der Waals surface area contributed by atoms with E-state index in [1.165, 1.54) is 0 Å². The van der Waals surface area contributed by atoms with Crippen molar-refractivity contribution in [2.24, 2.45) is 11.7 Å². The van der Waals surface area contributed by atoms with E-state index < -0.39 is 0 Å².